The number of amides is 2. The van der Waals surface area contributed by atoms with Gasteiger partial charge in [0, 0.05) is 61.3 Å². The topological polar surface area (TPSA) is 156 Å². The smallest absolute Gasteiger partial charge is 0.330 e. The molecule has 3 aromatic heterocycles. The summed E-state index contributed by atoms with van der Waals surface area (Å²) in [6.45, 7) is 5.92. The number of nitrogens with one attached hydrogen (secondary N) is 3. The van der Waals surface area contributed by atoms with Gasteiger partial charge in [0.15, 0.2) is 0 Å². The van der Waals surface area contributed by atoms with E-state index >= 15 is 0 Å². The van der Waals surface area contributed by atoms with Crippen molar-refractivity contribution < 1.29 is 14.6 Å². The Labute approximate surface area is 319 Å². The molecule has 14 heteroatoms. The van der Waals surface area contributed by atoms with Gasteiger partial charge in [-0.15, -0.1) is 0 Å². The van der Waals surface area contributed by atoms with Crippen LogP contribution in [-0.2, 0) is 26.9 Å². The summed E-state index contributed by atoms with van der Waals surface area (Å²) >= 11 is 7.09. The van der Waals surface area contributed by atoms with E-state index in [-0.39, 0.29) is 24.4 Å². The summed E-state index contributed by atoms with van der Waals surface area (Å²) in [7, 11) is 6.67. The fraction of sp³-hybridized carbons (Fsp3) is 0.375. The van der Waals surface area contributed by atoms with Crippen molar-refractivity contribution in [2.24, 2.45) is 14.1 Å². The van der Waals surface area contributed by atoms with Gasteiger partial charge in [-0.25, -0.2) is 19.6 Å². The second-order valence-corrected chi connectivity index (χ2v) is 14.1. The van der Waals surface area contributed by atoms with Gasteiger partial charge in [0.25, 0.3) is 5.56 Å². The third-order valence-corrected chi connectivity index (χ3v) is 10.6. The standard InChI is InChI=1S/C32H30ClN5O3.C8H17N3O2/c1-17-15-26-27(31(39)38(4)32(40)37(26)3)29(34-17)35-24-14-8-10-20(18(24)2)22-12-7-13-23(28(22)33)25-16-19-9-6-11-21(19)30(36-25)41-5;1-9-3-2-7-6-11(4-5-12)8(13)10-7/h7-8,10,12-16H,6,9,11H2,1-5H3,(H,34,35);7,9,12H,2-6H2,1H3,(H,10,13). The molecule has 1 aliphatic carbocycles. The van der Waals surface area contributed by atoms with Gasteiger partial charge in [-0.3, -0.25) is 13.9 Å². The minimum atomic E-state index is -0.403. The molecule has 13 nitrogen and oxygen atoms in total. The van der Waals surface area contributed by atoms with Gasteiger partial charge in [0.05, 0.1) is 29.9 Å². The third kappa shape index (κ3) is 7.57. The van der Waals surface area contributed by atoms with Crippen molar-refractivity contribution >= 4 is 40.0 Å². The van der Waals surface area contributed by atoms with Crippen LogP contribution >= 0.6 is 11.6 Å². The Morgan fingerprint density at radius 2 is 1.74 bits per heavy atom. The Bertz CT molecular complexity index is 2340. The highest BCUT2D eigenvalue weighted by Crippen LogP contribution is 2.41. The van der Waals surface area contributed by atoms with Crippen LogP contribution in [0.1, 0.15) is 35.2 Å². The number of fused-ring (bicyclic) bond motifs is 2. The molecule has 284 valence electrons. The quantitative estimate of drug-likeness (QED) is 0.157. The first-order chi connectivity index (χ1) is 26.0. The number of aromatic nitrogens is 4. The average Bonchev–Trinajstić information content (AvgIpc) is 3.79. The predicted molar refractivity (Wildman–Crippen MR) is 213 cm³/mol. The Hall–Kier alpha value is -5.24. The second-order valence-electron chi connectivity index (χ2n) is 13.7. The minimum Gasteiger partial charge on any atom is -0.481 e. The van der Waals surface area contributed by atoms with E-state index in [4.69, 9.17) is 26.4 Å². The van der Waals surface area contributed by atoms with Crippen molar-refractivity contribution in [3.05, 3.63) is 96.8 Å². The maximum absolute atomic E-state index is 13.2. The summed E-state index contributed by atoms with van der Waals surface area (Å²) < 4.78 is 8.19. The number of aryl methyl sites for hydroxylation is 3. The van der Waals surface area contributed by atoms with E-state index in [0.29, 0.717) is 46.4 Å². The molecular weight excluding hydrogens is 708 g/mol. The van der Waals surface area contributed by atoms with Crippen LogP contribution in [0.4, 0.5) is 16.3 Å². The maximum Gasteiger partial charge on any atom is 0.330 e. The molecule has 54 heavy (non-hydrogen) atoms. The zero-order valence-corrected chi connectivity index (χ0v) is 32.3. The fourth-order valence-electron chi connectivity index (χ4n) is 7.24. The van der Waals surface area contributed by atoms with E-state index in [1.807, 2.05) is 57.3 Å². The van der Waals surface area contributed by atoms with Gasteiger partial charge in [-0.2, -0.15) is 0 Å². The highest BCUT2D eigenvalue weighted by Gasteiger charge is 2.27. The first-order valence-corrected chi connectivity index (χ1v) is 18.5. The Kier molecular flexibility index (Phi) is 11.7. The second kappa shape index (κ2) is 16.4. The molecule has 1 saturated heterocycles. The largest absolute Gasteiger partial charge is 0.481 e. The van der Waals surface area contributed by atoms with E-state index < -0.39 is 5.56 Å². The van der Waals surface area contributed by atoms with Gasteiger partial charge >= 0.3 is 11.7 Å². The highest BCUT2D eigenvalue weighted by atomic mass is 35.5. The predicted octanol–water partition coefficient (Wildman–Crippen LogP) is 4.85. The number of hydrogen-bond acceptors (Lipinski definition) is 9. The zero-order chi connectivity index (χ0) is 38.7. The number of carbonyl (C=O) groups is 1. The number of methoxy groups -OCH3 is 1. The summed E-state index contributed by atoms with van der Waals surface area (Å²) in [6.07, 6.45) is 4.01. The number of aliphatic hydroxyl groups is 1. The third-order valence-electron chi connectivity index (χ3n) is 10.1. The molecule has 1 atom stereocenters. The first-order valence-electron chi connectivity index (χ1n) is 18.1. The molecule has 0 saturated carbocycles. The monoisotopic (exact) mass is 754 g/mol. The highest BCUT2D eigenvalue weighted by molar-refractivity contribution is 6.36. The van der Waals surface area contributed by atoms with Crippen LogP contribution in [0.25, 0.3) is 33.3 Å². The van der Waals surface area contributed by atoms with Crippen molar-refractivity contribution in [3.8, 4) is 28.3 Å². The normalized spacial score (nSPS) is 14.9. The Morgan fingerprint density at radius 1 is 1.00 bits per heavy atom. The number of urea groups is 1. The molecule has 0 radical (unpaired) electrons. The molecule has 4 heterocycles. The lowest BCUT2D eigenvalue weighted by molar-refractivity contribution is 0.196. The molecule has 0 bridgehead atoms. The number of anilines is 2. The number of benzene rings is 2. The van der Waals surface area contributed by atoms with E-state index in [9.17, 15) is 14.4 Å². The van der Waals surface area contributed by atoms with E-state index in [1.165, 1.54) is 22.7 Å². The summed E-state index contributed by atoms with van der Waals surface area (Å²) in [5.41, 5.74) is 8.01. The Balaban J connectivity index is 0.000000325. The van der Waals surface area contributed by atoms with Gasteiger partial charge in [0.2, 0.25) is 5.88 Å². The van der Waals surface area contributed by atoms with E-state index in [1.54, 1.807) is 25.1 Å². The van der Waals surface area contributed by atoms with E-state index in [0.717, 1.165) is 70.4 Å². The van der Waals surface area contributed by atoms with Crippen molar-refractivity contribution in [2.75, 3.05) is 45.7 Å². The van der Waals surface area contributed by atoms with Crippen LogP contribution in [0.3, 0.4) is 0 Å². The first kappa shape index (κ1) is 38.5. The summed E-state index contributed by atoms with van der Waals surface area (Å²) in [6, 6.07) is 15.9. The van der Waals surface area contributed by atoms with Gasteiger partial charge in [-0.1, -0.05) is 41.9 Å². The van der Waals surface area contributed by atoms with Crippen LogP contribution in [0.15, 0.2) is 58.1 Å². The van der Waals surface area contributed by atoms with Gasteiger partial charge in [0.1, 0.15) is 11.2 Å². The summed E-state index contributed by atoms with van der Waals surface area (Å²) in [5.74, 6) is 1.06. The number of carbonyl (C=O) groups excluding carboxylic acids is 1. The molecule has 4 N–H and O–H groups in total. The lowest BCUT2D eigenvalue weighted by Crippen LogP contribution is -2.37. The summed E-state index contributed by atoms with van der Waals surface area (Å²) in [4.78, 5) is 48.0. The number of hydrogen-bond donors (Lipinski definition) is 4. The SMILES string of the molecule is CNCCC1CN(CCO)C(=O)N1.COc1nc(-c2cccc(-c3cccc(Nc4nc(C)cc5c4c(=O)n(C)c(=O)n5C)c3C)c2Cl)cc2c1CCC2. The van der Waals surface area contributed by atoms with Gasteiger partial charge < -0.3 is 30.7 Å². The van der Waals surface area contributed by atoms with Crippen LogP contribution in [-0.4, -0.2) is 81.6 Å². The van der Waals surface area contributed by atoms with Gasteiger partial charge in [-0.05, 0) is 88.0 Å². The number of pyridine rings is 2. The summed E-state index contributed by atoms with van der Waals surface area (Å²) in [5, 5.41) is 18.9. The van der Waals surface area contributed by atoms with Crippen LogP contribution < -0.4 is 31.9 Å². The maximum atomic E-state index is 13.2. The molecule has 2 aromatic carbocycles. The molecule has 7 rings (SSSR count). The lowest BCUT2D eigenvalue weighted by atomic mass is 9.96. The number of halogens is 1. The van der Waals surface area contributed by atoms with Crippen LogP contribution in [0, 0.1) is 13.8 Å². The van der Waals surface area contributed by atoms with E-state index in [2.05, 4.69) is 27.0 Å². The van der Waals surface area contributed by atoms with Crippen molar-refractivity contribution in [2.45, 2.75) is 45.6 Å². The number of aliphatic hydroxyl groups excluding tert-OH is 1. The number of ether oxygens (including phenoxy) is 1. The molecular formula is C40H47ClN8O5. The molecule has 1 aliphatic heterocycles. The van der Waals surface area contributed by atoms with Crippen molar-refractivity contribution in [3.63, 3.8) is 0 Å². The van der Waals surface area contributed by atoms with Crippen LogP contribution in [0.5, 0.6) is 5.88 Å². The number of β-amino-alcohol motifs (C(OH)–C–C–N with tert-alkyl or cyclic N) is 1. The Morgan fingerprint density at radius 3 is 2.48 bits per heavy atom. The van der Waals surface area contributed by atoms with Crippen molar-refractivity contribution in [1.29, 1.82) is 0 Å². The molecule has 2 aliphatic rings. The molecule has 1 unspecified atom stereocenters. The molecule has 2 amide bonds. The lowest BCUT2D eigenvalue weighted by Gasteiger charge is -2.18. The molecule has 1 fully saturated rings. The molecule has 0 spiro atoms. The molecule has 5 aromatic rings. The van der Waals surface area contributed by atoms with Crippen LogP contribution in [0.2, 0.25) is 5.02 Å². The minimum absolute atomic E-state index is 0.0339. The van der Waals surface area contributed by atoms with Crippen molar-refractivity contribution in [1.82, 2.24) is 34.6 Å². The number of nitrogens with zero attached hydrogens (tertiary/aromatic N) is 5. The zero-order valence-electron chi connectivity index (χ0n) is 31.5. The fourth-order valence-corrected chi connectivity index (χ4v) is 7.56. The average molecular weight is 755 g/mol. The number of rotatable bonds is 10.